The summed E-state index contributed by atoms with van der Waals surface area (Å²) >= 11 is 13.6. The third kappa shape index (κ3) is 5.68. The van der Waals surface area contributed by atoms with Gasteiger partial charge in [-0.3, -0.25) is 4.90 Å². The lowest BCUT2D eigenvalue weighted by Crippen LogP contribution is -2.42. The number of halogens is 2. The second-order valence-corrected chi connectivity index (χ2v) is 9.71. The van der Waals surface area contributed by atoms with E-state index < -0.39 is 5.97 Å². The van der Waals surface area contributed by atoms with Crippen molar-refractivity contribution < 1.29 is 14.6 Å². The Labute approximate surface area is 196 Å². The van der Waals surface area contributed by atoms with E-state index in [0.717, 1.165) is 29.8 Å². The largest absolute Gasteiger partial charge is 0.477 e. The lowest BCUT2D eigenvalue weighted by atomic mass is 9.92. The monoisotopic (exact) mass is 475 g/mol. The van der Waals surface area contributed by atoms with Gasteiger partial charge in [-0.1, -0.05) is 53.5 Å². The van der Waals surface area contributed by atoms with E-state index in [1.165, 1.54) is 16.9 Å². The molecule has 1 aliphatic rings. The maximum absolute atomic E-state index is 11.3. The summed E-state index contributed by atoms with van der Waals surface area (Å²) in [6, 6.07) is 19.5. The molecular weight excluding hydrogens is 453 g/mol. The molecule has 7 heteroatoms. The number of carbonyl (C=O) groups is 1. The Hall–Kier alpha value is -1.89. The van der Waals surface area contributed by atoms with E-state index in [4.69, 9.17) is 27.9 Å². The molecule has 31 heavy (non-hydrogen) atoms. The van der Waals surface area contributed by atoms with Crippen molar-refractivity contribution in [3.63, 3.8) is 0 Å². The fourth-order valence-corrected chi connectivity index (χ4v) is 5.57. The lowest BCUT2D eigenvalue weighted by Gasteiger charge is -2.41. The molecule has 2 atom stereocenters. The number of ether oxygens (including phenoxy) is 1. The van der Waals surface area contributed by atoms with Crippen molar-refractivity contribution in [3.05, 3.63) is 91.6 Å². The van der Waals surface area contributed by atoms with E-state index in [0.29, 0.717) is 28.1 Å². The van der Waals surface area contributed by atoms with Gasteiger partial charge in [0.15, 0.2) is 0 Å². The summed E-state index contributed by atoms with van der Waals surface area (Å²) in [7, 11) is 0. The van der Waals surface area contributed by atoms with Gasteiger partial charge >= 0.3 is 5.97 Å². The van der Waals surface area contributed by atoms with Crippen LogP contribution in [-0.2, 0) is 17.9 Å². The molecule has 4 nitrogen and oxygen atoms in total. The van der Waals surface area contributed by atoms with Crippen molar-refractivity contribution in [2.24, 2.45) is 0 Å². The molecule has 0 spiro atoms. The second-order valence-electron chi connectivity index (χ2n) is 7.67. The Balaban J connectivity index is 1.55. The number of likely N-dealkylation sites (tertiary alicyclic amines) is 1. The predicted molar refractivity (Wildman–Crippen MR) is 125 cm³/mol. The van der Waals surface area contributed by atoms with Crippen LogP contribution >= 0.6 is 34.5 Å². The van der Waals surface area contributed by atoms with E-state index in [2.05, 4.69) is 17.0 Å². The molecule has 0 bridgehead atoms. The maximum atomic E-state index is 11.3. The number of hydrogen-bond acceptors (Lipinski definition) is 4. The van der Waals surface area contributed by atoms with Crippen molar-refractivity contribution >= 4 is 40.5 Å². The first-order valence-electron chi connectivity index (χ1n) is 10.2. The first-order chi connectivity index (χ1) is 15.0. The molecular formula is C24H23Cl2NO3S. The molecule has 0 radical (unpaired) electrons. The van der Waals surface area contributed by atoms with Crippen LogP contribution in [0.25, 0.3) is 0 Å². The van der Waals surface area contributed by atoms with Gasteiger partial charge in [0.25, 0.3) is 0 Å². The van der Waals surface area contributed by atoms with Crippen LogP contribution in [0.4, 0.5) is 0 Å². The standard InChI is InChI=1S/C24H23Cl2NO3S/c25-18-11-16(12-19(26)13-18)15-30-21-7-4-10-27(23(21)17-5-2-1-3-6-17)14-20-8-9-22(31-20)24(28)29/h1-3,5-6,8-9,11-13,21,23H,4,7,10,14-15H2,(H,28,29)/t21-,23-/m0/s1. The van der Waals surface area contributed by atoms with Crippen molar-refractivity contribution in [2.75, 3.05) is 6.54 Å². The van der Waals surface area contributed by atoms with E-state index >= 15 is 0 Å². The second kappa shape index (κ2) is 10.2. The summed E-state index contributed by atoms with van der Waals surface area (Å²) in [6.45, 7) is 2.06. The number of hydrogen-bond donors (Lipinski definition) is 1. The van der Waals surface area contributed by atoms with E-state index in [9.17, 15) is 9.90 Å². The average Bonchev–Trinajstić information content (AvgIpc) is 3.21. The van der Waals surface area contributed by atoms with Crippen molar-refractivity contribution in [1.29, 1.82) is 0 Å². The molecule has 4 rings (SSSR count). The SMILES string of the molecule is O=C(O)c1ccc(CN2CCC[C@H](OCc3cc(Cl)cc(Cl)c3)[C@@H]2c2ccccc2)s1. The first kappa shape index (κ1) is 22.3. The first-order valence-corrected chi connectivity index (χ1v) is 11.7. The van der Waals surface area contributed by atoms with Crippen LogP contribution in [0.15, 0.2) is 60.7 Å². The molecule has 1 aromatic heterocycles. The van der Waals surface area contributed by atoms with Crippen LogP contribution in [-0.4, -0.2) is 28.6 Å². The molecule has 1 saturated heterocycles. The number of nitrogens with zero attached hydrogens (tertiary/aromatic N) is 1. The summed E-state index contributed by atoms with van der Waals surface area (Å²) in [5, 5.41) is 10.5. The molecule has 1 fully saturated rings. The average molecular weight is 476 g/mol. The van der Waals surface area contributed by atoms with Crippen LogP contribution in [0.1, 0.15) is 44.6 Å². The van der Waals surface area contributed by atoms with Gasteiger partial charge in [-0.2, -0.15) is 0 Å². The van der Waals surface area contributed by atoms with Crippen molar-refractivity contribution in [1.82, 2.24) is 4.90 Å². The number of aromatic carboxylic acids is 1. The number of carboxylic acids is 1. The highest BCUT2D eigenvalue weighted by atomic mass is 35.5. The van der Waals surface area contributed by atoms with Gasteiger partial charge in [-0.15, -0.1) is 11.3 Å². The summed E-state index contributed by atoms with van der Waals surface area (Å²) in [5.41, 5.74) is 2.15. The van der Waals surface area contributed by atoms with E-state index in [1.54, 1.807) is 12.1 Å². The van der Waals surface area contributed by atoms with Crippen LogP contribution in [0.2, 0.25) is 10.0 Å². The Morgan fingerprint density at radius 2 is 1.84 bits per heavy atom. The minimum atomic E-state index is -0.879. The van der Waals surface area contributed by atoms with Crippen LogP contribution < -0.4 is 0 Å². The van der Waals surface area contributed by atoms with Gasteiger partial charge in [0, 0.05) is 21.5 Å². The minimum absolute atomic E-state index is 0.00723. The molecule has 0 amide bonds. The number of carboxylic acid groups (broad SMARTS) is 1. The highest BCUT2D eigenvalue weighted by Crippen LogP contribution is 2.36. The van der Waals surface area contributed by atoms with Crippen LogP contribution in [0.3, 0.4) is 0 Å². The molecule has 162 valence electrons. The minimum Gasteiger partial charge on any atom is -0.477 e. The zero-order chi connectivity index (χ0) is 21.8. The number of piperidine rings is 1. The summed E-state index contributed by atoms with van der Waals surface area (Å²) < 4.78 is 6.41. The molecule has 0 aliphatic carbocycles. The van der Waals surface area contributed by atoms with E-state index in [-0.39, 0.29) is 12.1 Å². The smallest absolute Gasteiger partial charge is 0.345 e. The van der Waals surface area contributed by atoms with Gasteiger partial charge in [0.2, 0.25) is 0 Å². The fourth-order valence-electron chi connectivity index (χ4n) is 4.13. The van der Waals surface area contributed by atoms with Gasteiger partial charge in [-0.25, -0.2) is 4.79 Å². The van der Waals surface area contributed by atoms with Crippen molar-refractivity contribution in [3.8, 4) is 0 Å². The highest BCUT2D eigenvalue weighted by Gasteiger charge is 2.33. The quantitative estimate of drug-likeness (QED) is 0.414. The molecule has 0 saturated carbocycles. The summed E-state index contributed by atoms with van der Waals surface area (Å²) in [6.07, 6.45) is 1.98. The number of benzene rings is 2. The molecule has 2 heterocycles. The normalized spacial score (nSPS) is 19.4. The Bertz CT molecular complexity index is 1020. The number of thiophene rings is 1. The van der Waals surface area contributed by atoms with Crippen LogP contribution in [0.5, 0.6) is 0 Å². The zero-order valence-corrected chi connectivity index (χ0v) is 19.2. The zero-order valence-electron chi connectivity index (χ0n) is 16.8. The highest BCUT2D eigenvalue weighted by molar-refractivity contribution is 7.13. The third-order valence-corrected chi connectivity index (χ3v) is 6.93. The molecule has 1 aliphatic heterocycles. The van der Waals surface area contributed by atoms with Gasteiger partial charge in [0.05, 0.1) is 18.8 Å². The Morgan fingerprint density at radius 3 is 2.52 bits per heavy atom. The molecule has 2 aromatic carbocycles. The van der Waals surface area contributed by atoms with Crippen LogP contribution in [0, 0.1) is 0 Å². The lowest BCUT2D eigenvalue weighted by molar-refractivity contribution is -0.0550. The fraction of sp³-hybridized carbons (Fsp3) is 0.292. The molecule has 3 aromatic rings. The molecule has 0 unspecified atom stereocenters. The summed E-state index contributed by atoms with van der Waals surface area (Å²) in [5.74, 6) is -0.879. The van der Waals surface area contributed by atoms with Gasteiger partial charge in [0.1, 0.15) is 4.88 Å². The Kier molecular flexibility index (Phi) is 7.31. The third-order valence-electron chi connectivity index (χ3n) is 5.44. The summed E-state index contributed by atoms with van der Waals surface area (Å²) in [4.78, 5) is 15.1. The maximum Gasteiger partial charge on any atom is 0.345 e. The predicted octanol–water partition coefficient (Wildman–Crippen LogP) is 6.68. The van der Waals surface area contributed by atoms with Gasteiger partial charge in [-0.05, 0) is 60.8 Å². The van der Waals surface area contributed by atoms with Gasteiger partial charge < -0.3 is 9.84 Å². The van der Waals surface area contributed by atoms with Crippen molar-refractivity contribution in [2.45, 2.75) is 38.1 Å². The number of rotatable bonds is 7. The Morgan fingerprint density at radius 1 is 1.10 bits per heavy atom. The molecule has 1 N–H and O–H groups in total. The van der Waals surface area contributed by atoms with E-state index in [1.807, 2.05) is 36.4 Å². The topological polar surface area (TPSA) is 49.8 Å².